The second kappa shape index (κ2) is 14.6. The van der Waals surface area contributed by atoms with E-state index < -0.39 is 36.6 Å². The Morgan fingerprint density at radius 3 is 1.97 bits per heavy atom. The lowest BCUT2D eigenvalue weighted by Gasteiger charge is -2.29. The molecule has 38 heavy (non-hydrogen) atoms. The minimum Gasteiger partial charge on any atom is -0.455 e. The number of rotatable bonds is 13. The van der Waals surface area contributed by atoms with Crippen LogP contribution in [0.1, 0.15) is 23.6 Å². The van der Waals surface area contributed by atoms with Crippen LogP contribution >= 0.6 is 12.2 Å². The van der Waals surface area contributed by atoms with Crippen molar-refractivity contribution in [1.82, 2.24) is 0 Å². The number of esters is 1. The van der Waals surface area contributed by atoms with Crippen molar-refractivity contribution in [2.24, 2.45) is 4.99 Å². The first-order valence-electron chi connectivity index (χ1n) is 12.5. The molecule has 0 radical (unpaired) electrons. The van der Waals surface area contributed by atoms with Gasteiger partial charge in [0.25, 0.3) is 0 Å². The van der Waals surface area contributed by atoms with Gasteiger partial charge in [0.15, 0.2) is 12.3 Å². The van der Waals surface area contributed by atoms with Crippen molar-refractivity contribution in [3.63, 3.8) is 0 Å². The van der Waals surface area contributed by atoms with Crippen molar-refractivity contribution in [3.8, 4) is 0 Å². The van der Waals surface area contributed by atoms with Gasteiger partial charge in [-0.05, 0) is 28.9 Å². The number of carbonyl (C=O) groups is 1. The summed E-state index contributed by atoms with van der Waals surface area (Å²) in [5.41, 5.74) is 3.02. The van der Waals surface area contributed by atoms with E-state index >= 15 is 0 Å². The number of nitrogens with zero attached hydrogens (tertiary/aromatic N) is 1. The largest absolute Gasteiger partial charge is 0.455 e. The lowest BCUT2D eigenvalue weighted by molar-refractivity contribution is -0.157. The Kier molecular flexibility index (Phi) is 10.7. The predicted octanol–water partition coefficient (Wildman–Crippen LogP) is 5.13. The van der Waals surface area contributed by atoms with Crippen LogP contribution in [0.5, 0.6) is 0 Å². The van der Waals surface area contributed by atoms with Crippen LogP contribution in [0, 0.1) is 0 Å². The minimum atomic E-state index is -0.876. The molecule has 0 amide bonds. The smallest absolute Gasteiger partial charge is 0.303 e. The van der Waals surface area contributed by atoms with Crippen LogP contribution in [-0.2, 0) is 48.3 Å². The van der Waals surface area contributed by atoms with Crippen molar-refractivity contribution < 1.29 is 28.5 Å². The average Bonchev–Trinajstić information content (AvgIpc) is 3.27. The van der Waals surface area contributed by atoms with Crippen LogP contribution in [0.4, 0.5) is 0 Å². The topological polar surface area (TPSA) is 75.6 Å². The normalized spacial score (nSPS) is 21.4. The van der Waals surface area contributed by atoms with E-state index in [1.165, 1.54) is 6.92 Å². The first-order chi connectivity index (χ1) is 18.6. The zero-order valence-corrected chi connectivity index (χ0v) is 22.0. The van der Waals surface area contributed by atoms with Crippen LogP contribution in [0.3, 0.4) is 0 Å². The lowest BCUT2D eigenvalue weighted by Crippen LogP contribution is -2.45. The molecular weight excluding hydrogens is 502 g/mol. The van der Waals surface area contributed by atoms with Crippen molar-refractivity contribution in [2.75, 3.05) is 6.61 Å². The van der Waals surface area contributed by atoms with E-state index in [-0.39, 0.29) is 13.2 Å². The molecule has 7 nitrogen and oxygen atoms in total. The zero-order chi connectivity index (χ0) is 26.6. The second-order valence-electron chi connectivity index (χ2n) is 8.88. The Balaban J connectivity index is 1.56. The number of hydrogen-bond acceptors (Lipinski definition) is 8. The zero-order valence-electron chi connectivity index (χ0n) is 21.2. The Hall–Kier alpha value is -3.23. The van der Waals surface area contributed by atoms with Gasteiger partial charge in [0.05, 0.1) is 31.6 Å². The Morgan fingerprint density at radius 1 is 0.868 bits per heavy atom. The summed E-state index contributed by atoms with van der Waals surface area (Å²) in [6.45, 7) is 2.59. The molecule has 8 heteroatoms. The Morgan fingerprint density at radius 2 is 1.42 bits per heavy atom. The molecular formula is C30H31NO6S. The molecule has 1 aliphatic rings. The maximum atomic E-state index is 12.0. The monoisotopic (exact) mass is 533 g/mol. The molecule has 4 rings (SSSR count). The summed E-state index contributed by atoms with van der Waals surface area (Å²) in [7, 11) is 0. The molecule has 0 aliphatic carbocycles. The van der Waals surface area contributed by atoms with Gasteiger partial charge in [-0.25, -0.2) is 0 Å². The molecule has 0 unspecified atom stereocenters. The molecule has 3 aromatic rings. The predicted molar refractivity (Wildman–Crippen MR) is 145 cm³/mol. The van der Waals surface area contributed by atoms with Gasteiger partial charge in [-0.3, -0.25) is 4.79 Å². The fourth-order valence-electron chi connectivity index (χ4n) is 4.28. The molecule has 1 fully saturated rings. The van der Waals surface area contributed by atoms with Crippen LogP contribution in [-0.4, -0.2) is 48.4 Å². The van der Waals surface area contributed by atoms with E-state index in [1.54, 1.807) is 0 Å². The van der Waals surface area contributed by atoms with E-state index in [4.69, 9.17) is 35.9 Å². The maximum absolute atomic E-state index is 12.0. The summed E-state index contributed by atoms with van der Waals surface area (Å²) in [5.74, 6) is -0.473. The summed E-state index contributed by atoms with van der Waals surface area (Å²) in [4.78, 5) is 16.1. The van der Waals surface area contributed by atoms with Crippen LogP contribution in [0.25, 0.3) is 0 Å². The summed E-state index contributed by atoms with van der Waals surface area (Å²) >= 11 is 4.84. The van der Waals surface area contributed by atoms with Gasteiger partial charge in [-0.15, -0.1) is 0 Å². The fourth-order valence-corrected chi connectivity index (χ4v) is 4.38. The van der Waals surface area contributed by atoms with Gasteiger partial charge in [0, 0.05) is 6.92 Å². The van der Waals surface area contributed by atoms with E-state index in [0.29, 0.717) is 13.2 Å². The van der Waals surface area contributed by atoms with E-state index in [9.17, 15) is 4.79 Å². The molecule has 0 bridgehead atoms. The highest BCUT2D eigenvalue weighted by Crippen LogP contribution is 2.32. The first-order valence-corrected chi connectivity index (χ1v) is 12.9. The quantitative estimate of drug-likeness (QED) is 0.171. The molecule has 1 saturated heterocycles. The molecule has 1 heterocycles. The van der Waals surface area contributed by atoms with Crippen molar-refractivity contribution in [2.45, 2.75) is 57.4 Å². The maximum Gasteiger partial charge on any atom is 0.303 e. The number of aliphatic imine (C=N–C) groups is 1. The number of isothiocyanates is 1. The van der Waals surface area contributed by atoms with Crippen molar-refractivity contribution >= 4 is 23.3 Å². The highest BCUT2D eigenvalue weighted by molar-refractivity contribution is 7.78. The van der Waals surface area contributed by atoms with Gasteiger partial charge < -0.3 is 23.7 Å². The molecule has 0 aromatic heterocycles. The van der Waals surface area contributed by atoms with Gasteiger partial charge in [0.2, 0.25) is 0 Å². The number of benzene rings is 3. The molecule has 0 saturated carbocycles. The van der Waals surface area contributed by atoms with Gasteiger partial charge >= 0.3 is 5.97 Å². The van der Waals surface area contributed by atoms with E-state index in [0.717, 1.165) is 16.7 Å². The SMILES string of the molecule is CC(=O)O[C@@H]1[C@@H](OCc2ccccc2)[C@@H]([C@@H](COCc2ccccc2)OCc2ccccc2)O[C@@H]1N=C=S. The number of carbonyl (C=O) groups excluding carboxylic acids is 1. The fraction of sp³-hybridized carbons (Fsp3) is 0.333. The van der Waals surface area contributed by atoms with E-state index in [2.05, 4.69) is 10.2 Å². The molecule has 3 aromatic carbocycles. The van der Waals surface area contributed by atoms with Crippen LogP contribution < -0.4 is 0 Å². The third-order valence-electron chi connectivity index (χ3n) is 6.06. The average molecular weight is 534 g/mol. The standard InChI is InChI=1S/C30H31NO6S/c1-22(32)36-29-28(35-19-25-15-9-4-10-16-25)27(37-30(29)31-21-38)26(34-18-24-13-7-3-8-14-24)20-33-17-23-11-5-2-6-12-23/h2-16,26-30H,17-20H2,1H3/t26-,27-,28+,29-,30+/m1/s1. The molecule has 5 atom stereocenters. The molecule has 0 spiro atoms. The summed E-state index contributed by atoms with van der Waals surface area (Å²) < 4.78 is 30.6. The number of hydrogen-bond donors (Lipinski definition) is 0. The van der Waals surface area contributed by atoms with Crippen molar-refractivity contribution in [3.05, 3.63) is 108 Å². The summed E-state index contributed by atoms with van der Waals surface area (Å²) in [6.07, 6.45) is -3.59. The lowest BCUT2D eigenvalue weighted by atomic mass is 10.0. The molecule has 198 valence electrons. The van der Waals surface area contributed by atoms with Crippen LogP contribution in [0.15, 0.2) is 96.0 Å². The second-order valence-corrected chi connectivity index (χ2v) is 9.07. The summed E-state index contributed by atoms with van der Waals surface area (Å²) in [6, 6.07) is 29.5. The van der Waals surface area contributed by atoms with E-state index in [1.807, 2.05) is 91.0 Å². The van der Waals surface area contributed by atoms with Crippen molar-refractivity contribution in [1.29, 1.82) is 0 Å². The Labute approximate surface area is 228 Å². The number of thiocarbonyl (C=S) groups is 1. The highest BCUT2D eigenvalue weighted by Gasteiger charge is 2.51. The highest BCUT2D eigenvalue weighted by atomic mass is 32.1. The number of ether oxygens (including phenoxy) is 5. The van der Waals surface area contributed by atoms with Gasteiger partial charge in [-0.1, -0.05) is 91.0 Å². The minimum absolute atomic E-state index is 0.221. The first kappa shape index (κ1) is 27.8. The third-order valence-corrected chi connectivity index (χ3v) is 6.16. The molecule has 1 aliphatic heterocycles. The van der Waals surface area contributed by atoms with Gasteiger partial charge in [-0.2, -0.15) is 4.99 Å². The Bertz CT molecular complexity index is 1170. The summed E-state index contributed by atoms with van der Waals surface area (Å²) in [5, 5.41) is 2.35. The molecule has 0 N–H and O–H groups in total. The third kappa shape index (κ3) is 8.13. The van der Waals surface area contributed by atoms with Gasteiger partial charge in [0.1, 0.15) is 18.3 Å². The van der Waals surface area contributed by atoms with Crippen LogP contribution in [0.2, 0.25) is 0 Å².